The number of halogens is 4. The monoisotopic (exact) mass is 480 g/mol. The van der Waals surface area contributed by atoms with Crippen molar-refractivity contribution in [2.45, 2.75) is 0 Å². The van der Waals surface area contributed by atoms with Gasteiger partial charge in [0.1, 0.15) is 17.3 Å². The lowest BCUT2D eigenvalue weighted by atomic mass is 10.3. The lowest BCUT2D eigenvalue weighted by molar-refractivity contribution is -0.657. The number of benzene rings is 2. The molecule has 32 heavy (non-hydrogen) atoms. The van der Waals surface area contributed by atoms with Gasteiger partial charge in [-0.05, 0) is 48.5 Å². The van der Waals surface area contributed by atoms with E-state index in [4.69, 9.17) is 0 Å². The summed E-state index contributed by atoms with van der Waals surface area (Å²) in [6.45, 7) is 0. The Labute approximate surface area is 195 Å². The Kier molecular flexibility index (Phi) is 10.8. The first-order chi connectivity index (χ1) is 14.5. The van der Waals surface area contributed by atoms with Gasteiger partial charge in [-0.1, -0.05) is 5.11 Å². The first-order valence-corrected chi connectivity index (χ1v) is 8.86. The van der Waals surface area contributed by atoms with Crippen LogP contribution in [0.5, 0.6) is 0 Å². The molecular formula is C20H20Cl2F2N8. The lowest BCUT2D eigenvalue weighted by Gasteiger charge is -1.90. The Morgan fingerprint density at radius 1 is 0.875 bits per heavy atom. The lowest BCUT2D eigenvalue weighted by Crippen LogP contribution is -3.00. The molecule has 12 heteroatoms. The van der Waals surface area contributed by atoms with Crippen LogP contribution in [0, 0.1) is 11.6 Å². The second-order valence-electron chi connectivity index (χ2n) is 6.09. The summed E-state index contributed by atoms with van der Waals surface area (Å²) >= 11 is 0. The van der Waals surface area contributed by atoms with Gasteiger partial charge in [0.25, 0.3) is 0 Å². The highest BCUT2D eigenvalue weighted by molar-refractivity contribution is 5.85. The minimum atomic E-state index is -0.290. The number of imidazole rings is 2. The third-order valence-electron chi connectivity index (χ3n) is 3.80. The molecule has 0 unspecified atom stereocenters. The summed E-state index contributed by atoms with van der Waals surface area (Å²) in [6, 6.07) is 11.6. The highest BCUT2D eigenvalue weighted by atomic mass is 35.5. The summed E-state index contributed by atoms with van der Waals surface area (Å²) in [5, 5.41) is 15.8. The highest BCUT2D eigenvalue weighted by Gasteiger charge is 2.09. The third-order valence-corrected chi connectivity index (χ3v) is 3.80. The quantitative estimate of drug-likeness (QED) is 0.353. The molecule has 0 atom stereocenters. The van der Waals surface area contributed by atoms with Crippen LogP contribution < -0.4 is 17.0 Å². The molecule has 8 nitrogen and oxygen atoms in total. The van der Waals surface area contributed by atoms with Crippen molar-refractivity contribution in [2.75, 3.05) is 0 Å². The Morgan fingerprint density at radius 3 is 1.84 bits per heavy atom. The van der Waals surface area contributed by atoms with E-state index in [-0.39, 0.29) is 36.4 Å². The standard InChI is InChI=1S/C11H12FN4.C9H7FN4.2ClH/c1-15-7-8-16(2)11(15)14-13-10-5-3-9(12)4-6-10;10-7-1-3-8(4-2-7)13-14-9-11-5-6-12-9;;/h3-8H,1-2H3;1-6H,(H,11,12);2*1H/q+1;;;/p-1. The van der Waals surface area contributed by atoms with Crippen LogP contribution in [-0.4, -0.2) is 14.5 Å². The molecule has 2 heterocycles. The van der Waals surface area contributed by atoms with Gasteiger partial charge in [-0.3, -0.25) is 0 Å². The van der Waals surface area contributed by atoms with E-state index in [0.717, 1.165) is 5.95 Å². The molecule has 0 saturated carbocycles. The topological polar surface area (TPSA) is 86.9 Å². The van der Waals surface area contributed by atoms with E-state index < -0.39 is 0 Å². The summed E-state index contributed by atoms with van der Waals surface area (Å²) in [7, 11) is 3.78. The van der Waals surface area contributed by atoms with Crippen LogP contribution in [0.1, 0.15) is 0 Å². The number of hydrogen-bond acceptors (Lipinski definition) is 5. The predicted molar refractivity (Wildman–Crippen MR) is 114 cm³/mol. The maximum Gasteiger partial charge on any atom is 0.421 e. The zero-order chi connectivity index (χ0) is 21.3. The van der Waals surface area contributed by atoms with Crippen LogP contribution in [0.4, 0.5) is 32.1 Å². The average Bonchev–Trinajstić information content (AvgIpc) is 3.38. The van der Waals surface area contributed by atoms with E-state index in [1.54, 1.807) is 36.7 Å². The van der Waals surface area contributed by atoms with Crippen LogP contribution in [0.3, 0.4) is 0 Å². The minimum absolute atomic E-state index is 0. The molecule has 1 N–H and O–H groups in total. The minimum Gasteiger partial charge on any atom is -1.00 e. The normalized spacial score (nSPS) is 10.4. The highest BCUT2D eigenvalue weighted by Crippen LogP contribution is 2.16. The van der Waals surface area contributed by atoms with Crippen molar-refractivity contribution in [3.63, 3.8) is 0 Å². The van der Waals surface area contributed by atoms with E-state index in [1.807, 2.05) is 35.6 Å². The summed E-state index contributed by atoms with van der Waals surface area (Å²) in [6.07, 6.45) is 7.01. The number of nitrogens with zero attached hydrogens (tertiary/aromatic N) is 7. The van der Waals surface area contributed by atoms with E-state index in [9.17, 15) is 8.78 Å². The van der Waals surface area contributed by atoms with Crippen molar-refractivity contribution in [1.82, 2.24) is 14.5 Å². The molecule has 0 saturated heterocycles. The molecule has 0 spiro atoms. The first kappa shape index (κ1) is 26.5. The van der Waals surface area contributed by atoms with Gasteiger partial charge >= 0.3 is 5.95 Å². The molecule has 0 aliphatic heterocycles. The van der Waals surface area contributed by atoms with Gasteiger partial charge in [0.2, 0.25) is 5.95 Å². The van der Waals surface area contributed by atoms with Gasteiger partial charge in [0.15, 0.2) is 0 Å². The molecule has 0 fully saturated rings. The van der Waals surface area contributed by atoms with Crippen molar-refractivity contribution in [3.05, 3.63) is 85.0 Å². The van der Waals surface area contributed by atoms with Gasteiger partial charge in [0.05, 0.1) is 32.2 Å². The molecular weight excluding hydrogens is 461 g/mol. The summed E-state index contributed by atoms with van der Waals surface area (Å²) in [5.41, 5.74) is 1.21. The number of aryl methyl sites for hydroxylation is 2. The summed E-state index contributed by atoms with van der Waals surface area (Å²) in [5.74, 6) is 0.587. The molecule has 168 valence electrons. The second kappa shape index (κ2) is 13.0. The van der Waals surface area contributed by atoms with E-state index in [0.29, 0.717) is 17.3 Å². The molecule has 2 aromatic carbocycles. The number of rotatable bonds is 4. The zero-order valence-corrected chi connectivity index (χ0v) is 18.7. The fourth-order valence-corrected chi connectivity index (χ4v) is 2.26. The van der Waals surface area contributed by atoms with Crippen molar-refractivity contribution in [2.24, 2.45) is 34.6 Å². The smallest absolute Gasteiger partial charge is 0.421 e. The zero-order valence-electron chi connectivity index (χ0n) is 17.1. The van der Waals surface area contributed by atoms with Gasteiger partial charge < -0.3 is 17.4 Å². The van der Waals surface area contributed by atoms with Crippen LogP contribution in [-0.2, 0) is 14.1 Å². The Balaban J connectivity index is 0.000000303. The number of aromatic amines is 1. The molecule has 0 amide bonds. The number of hydrogen-bond donors (Lipinski definition) is 1. The number of aromatic nitrogens is 4. The van der Waals surface area contributed by atoms with E-state index >= 15 is 0 Å². The second-order valence-corrected chi connectivity index (χ2v) is 6.09. The van der Waals surface area contributed by atoms with E-state index in [2.05, 4.69) is 30.4 Å². The maximum absolute atomic E-state index is 12.6. The number of nitrogens with one attached hydrogen (secondary N) is 1. The van der Waals surface area contributed by atoms with Gasteiger partial charge in [-0.15, -0.1) is 22.6 Å². The third kappa shape index (κ3) is 7.97. The fraction of sp³-hybridized carbons (Fsp3) is 0.100. The van der Waals surface area contributed by atoms with Crippen LogP contribution in [0.25, 0.3) is 0 Å². The summed E-state index contributed by atoms with van der Waals surface area (Å²) in [4.78, 5) is 6.63. The molecule has 0 radical (unpaired) electrons. The van der Waals surface area contributed by atoms with Crippen molar-refractivity contribution < 1.29 is 25.8 Å². The van der Waals surface area contributed by atoms with Gasteiger partial charge in [-0.25, -0.2) is 22.9 Å². The maximum atomic E-state index is 12.6. The molecule has 0 bridgehead atoms. The predicted octanol–water partition coefficient (Wildman–Crippen LogP) is 2.79. The van der Waals surface area contributed by atoms with Crippen LogP contribution >= 0.6 is 12.4 Å². The Hall–Kier alpha value is -3.50. The van der Waals surface area contributed by atoms with Crippen LogP contribution in [0.2, 0.25) is 0 Å². The first-order valence-electron chi connectivity index (χ1n) is 8.86. The van der Waals surface area contributed by atoms with E-state index in [1.165, 1.54) is 24.3 Å². The fourth-order valence-electron chi connectivity index (χ4n) is 2.26. The van der Waals surface area contributed by atoms with Crippen molar-refractivity contribution in [3.8, 4) is 0 Å². The van der Waals surface area contributed by atoms with Gasteiger partial charge in [-0.2, -0.15) is 0 Å². The molecule has 2 aromatic heterocycles. The number of azo groups is 2. The average molecular weight is 481 g/mol. The van der Waals surface area contributed by atoms with Crippen molar-refractivity contribution >= 4 is 35.7 Å². The van der Waals surface area contributed by atoms with Crippen LogP contribution in [0.15, 0.2) is 93.8 Å². The van der Waals surface area contributed by atoms with Gasteiger partial charge in [0, 0.05) is 17.5 Å². The Morgan fingerprint density at radius 2 is 1.41 bits per heavy atom. The summed E-state index contributed by atoms with van der Waals surface area (Å²) < 4.78 is 28.9. The Bertz CT molecular complexity index is 1110. The molecule has 0 aliphatic rings. The number of H-pyrrole nitrogens is 1. The largest absolute Gasteiger partial charge is 1.00 e. The SMILES string of the molecule is Cl.Cn1cc[n+](C)c1N=Nc1ccc(F)cc1.Fc1ccc(N=Nc2ncc[nH]2)cc1.[Cl-]. The van der Waals surface area contributed by atoms with Crippen molar-refractivity contribution in [1.29, 1.82) is 0 Å². The molecule has 0 aliphatic carbocycles. The molecule has 4 rings (SSSR count). The molecule has 4 aromatic rings.